The molecule has 0 saturated carbocycles. The van der Waals surface area contributed by atoms with Crippen LogP contribution < -0.4 is 21.3 Å². The van der Waals surface area contributed by atoms with E-state index in [4.69, 9.17) is 15.3 Å². The third-order valence-corrected chi connectivity index (χ3v) is 1.98. The van der Waals surface area contributed by atoms with Crippen molar-refractivity contribution in [2.75, 3.05) is 38.1 Å². The molecule has 0 spiro atoms. The number of unbranched alkanes of at least 4 members (excludes halogenated alkanes) is 1. The molecule has 0 fully saturated rings. The number of nitrogen functional groups attached to an aromatic ring is 1. The van der Waals surface area contributed by atoms with Gasteiger partial charge in [-0.15, -0.1) is 0 Å². The minimum absolute atomic E-state index is 0.215. The van der Waals surface area contributed by atoms with E-state index in [-0.39, 0.29) is 12.0 Å². The summed E-state index contributed by atoms with van der Waals surface area (Å²) in [6.45, 7) is 1.50. The quantitative estimate of drug-likeness (QED) is 0.332. The van der Waals surface area contributed by atoms with Gasteiger partial charge >= 0.3 is 6.01 Å². The Labute approximate surface area is 99.9 Å². The maximum Gasteiger partial charge on any atom is 0.322 e. The highest BCUT2D eigenvalue weighted by molar-refractivity contribution is 5.34. The van der Waals surface area contributed by atoms with Crippen LogP contribution in [0.25, 0.3) is 0 Å². The van der Waals surface area contributed by atoms with Crippen molar-refractivity contribution < 1.29 is 9.47 Å². The maximum absolute atomic E-state index is 5.23. The van der Waals surface area contributed by atoms with Gasteiger partial charge in [0, 0.05) is 20.3 Å². The Morgan fingerprint density at radius 2 is 1.88 bits per heavy atom. The van der Waals surface area contributed by atoms with Crippen molar-refractivity contribution >= 4 is 11.9 Å². The second kappa shape index (κ2) is 7.58. The van der Waals surface area contributed by atoms with Gasteiger partial charge < -0.3 is 14.8 Å². The monoisotopic (exact) mass is 242 g/mol. The van der Waals surface area contributed by atoms with Crippen molar-refractivity contribution in [2.45, 2.75) is 12.8 Å². The first-order valence-electron chi connectivity index (χ1n) is 5.29. The molecule has 4 N–H and O–H groups in total. The van der Waals surface area contributed by atoms with Crippen LogP contribution >= 0.6 is 0 Å². The standard InChI is InChI=1S/C9H18N6O2/c1-16-6-4-3-5-11-7-12-8(15-10)14-9(13-7)17-2/h3-6,10H2,1-2H3,(H2,11,12,13,14,15). The Kier molecular flexibility index (Phi) is 5.97. The highest BCUT2D eigenvalue weighted by Crippen LogP contribution is 2.09. The van der Waals surface area contributed by atoms with Crippen LogP contribution in [0, 0.1) is 0 Å². The molecule has 8 heteroatoms. The number of rotatable bonds is 8. The largest absolute Gasteiger partial charge is 0.467 e. The van der Waals surface area contributed by atoms with Crippen molar-refractivity contribution in [3.05, 3.63) is 0 Å². The predicted octanol–water partition coefficient (Wildman–Crippen LogP) is 0.00430. The molecule has 0 saturated heterocycles. The van der Waals surface area contributed by atoms with Gasteiger partial charge in [-0.3, -0.25) is 5.43 Å². The van der Waals surface area contributed by atoms with Gasteiger partial charge in [-0.25, -0.2) is 5.84 Å². The summed E-state index contributed by atoms with van der Waals surface area (Å²) in [6, 6.07) is 0.215. The van der Waals surface area contributed by atoms with Crippen molar-refractivity contribution in [2.24, 2.45) is 5.84 Å². The van der Waals surface area contributed by atoms with Crippen molar-refractivity contribution in [1.29, 1.82) is 0 Å². The number of hydrazine groups is 1. The minimum Gasteiger partial charge on any atom is -0.467 e. The molecule has 0 aliphatic heterocycles. The van der Waals surface area contributed by atoms with E-state index < -0.39 is 0 Å². The van der Waals surface area contributed by atoms with Crippen LogP contribution in [0.3, 0.4) is 0 Å². The van der Waals surface area contributed by atoms with Gasteiger partial charge in [0.15, 0.2) is 0 Å². The van der Waals surface area contributed by atoms with Crippen LogP contribution in [-0.2, 0) is 4.74 Å². The number of aromatic nitrogens is 3. The Bertz CT molecular complexity index is 313. The van der Waals surface area contributed by atoms with E-state index in [1.807, 2.05) is 0 Å². The smallest absolute Gasteiger partial charge is 0.322 e. The van der Waals surface area contributed by atoms with Gasteiger partial charge in [0.1, 0.15) is 0 Å². The third kappa shape index (κ3) is 4.79. The molecule has 8 nitrogen and oxygen atoms in total. The first kappa shape index (κ1) is 13.4. The molecule has 0 radical (unpaired) electrons. The Morgan fingerprint density at radius 3 is 2.53 bits per heavy atom. The lowest BCUT2D eigenvalue weighted by molar-refractivity contribution is 0.193. The molecule has 1 aromatic rings. The summed E-state index contributed by atoms with van der Waals surface area (Å²) in [5.74, 6) is 5.93. The van der Waals surface area contributed by atoms with Crippen molar-refractivity contribution in [1.82, 2.24) is 15.0 Å². The predicted molar refractivity (Wildman–Crippen MR) is 63.8 cm³/mol. The fourth-order valence-corrected chi connectivity index (χ4v) is 1.16. The van der Waals surface area contributed by atoms with E-state index in [0.29, 0.717) is 5.95 Å². The van der Waals surface area contributed by atoms with Gasteiger partial charge in [-0.05, 0) is 12.8 Å². The van der Waals surface area contributed by atoms with E-state index in [9.17, 15) is 0 Å². The summed E-state index contributed by atoms with van der Waals surface area (Å²) in [7, 11) is 3.17. The number of hydrogen-bond donors (Lipinski definition) is 3. The number of methoxy groups -OCH3 is 2. The van der Waals surface area contributed by atoms with Crippen molar-refractivity contribution in [3.8, 4) is 6.01 Å². The highest BCUT2D eigenvalue weighted by Gasteiger charge is 2.04. The molecular weight excluding hydrogens is 224 g/mol. The fourth-order valence-electron chi connectivity index (χ4n) is 1.16. The molecule has 1 heterocycles. The minimum atomic E-state index is 0.215. The van der Waals surface area contributed by atoms with Gasteiger partial charge in [0.2, 0.25) is 11.9 Å². The molecule has 96 valence electrons. The van der Waals surface area contributed by atoms with E-state index >= 15 is 0 Å². The molecule has 1 aromatic heterocycles. The Morgan fingerprint density at radius 1 is 1.12 bits per heavy atom. The molecule has 17 heavy (non-hydrogen) atoms. The van der Waals surface area contributed by atoms with Crippen LogP contribution in [-0.4, -0.2) is 42.3 Å². The molecule has 0 bridgehead atoms. The maximum atomic E-state index is 5.23. The lowest BCUT2D eigenvalue weighted by Crippen LogP contribution is -2.14. The summed E-state index contributed by atoms with van der Waals surface area (Å²) in [6.07, 6.45) is 1.95. The third-order valence-electron chi connectivity index (χ3n) is 1.98. The number of ether oxygens (including phenoxy) is 2. The SMILES string of the molecule is COCCCCNc1nc(NN)nc(OC)n1. The first-order chi connectivity index (χ1) is 8.30. The van der Waals surface area contributed by atoms with E-state index in [1.165, 1.54) is 7.11 Å². The molecular formula is C9H18N6O2. The van der Waals surface area contributed by atoms with Gasteiger partial charge in [-0.1, -0.05) is 0 Å². The molecule has 1 rings (SSSR count). The average molecular weight is 242 g/mol. The molecule has 0 aliphatic rings. The second-order valence-electron chi connectivity index (χ2n) is 3.24. The van der Waals surface area contributed by atoms with Crippen LogP contribution in [0.4, 0.5) is 11.9 Å². The summed E-state index contributed by atoms with van der Waals surface area (Å²) < 4.78 is 9.88. The Hall–Kier alpha value is -1.67. The lowest BCUT2D eigenvalue weighted by Gasteiger charge is -2.07. The number of nitrogens with zero attached hydrogens (tertiary/aromatic N) is 3. The topological polar surface area (TPSA) is 107 Å². The summed E-state index contributed by atoms with van der Waals surface area (Å²) in [5.41, 5.74) is 2.35. The molecule has 0 aromatic carbocycles. The Balaban J connectivity index is 2.46. The second-order valence-corrected chi connectivity index (χ2v) is 3.24. The zero-order valence-corrected chi connectivity index (χ0v) is 10.1. The zero-order valence-electron chi connectivity index (χ0n) is 10.1. The molecule has 0 unspecified atom stereocenters. The van der Waals surface area contributed by atoms with E-state index in [1.54, 1.807) is 7.11 Å². The summed E-state index contributed by atoms with van der Waals surface area (Å²) >= 11 is 0. The van der Waals surface area contributed by atoms with E-state index in [0.717, 1.165) is 26.0 Å². The van der Waals surface area contributed by atoms with Crippen LogP contribution in [0.2, 0.25) is 0 Å². The van der Waals surface area contributed by atoms with Gasteiger partial charge in [0.05, 0.1) is 7.11 Å². The van der Waals surface area contributed by atoms with Gasteiger partial charge in [-0.2, -0.15) is 15.0 Å². The number of hydrogen-bond acceptors (Lipinski definition) is 8. The van der Waals surface area contributed by atoms with Crippen LogP contribution in [0.1, 0.15) is 12.8 Å². The van der Waals surface area contributed by atoms with E-state index in [2.05, 4.69) is 25.7 Å². The van der Waals surface area contributed by atoms with Crippen molar-refractivity contribution in [3.63, 3.8) is 0 Å². The van der Waals surface area contributed by atoms with Crippen LogP contribution in [0.15, 0.2) is 0 Å². The first-order valence-corrected chi connectivity index (χ1v) is 5.29. The zero-order chi connectivity index (χ0) is 12.5. The molecule has 0 amide bonds. The molecule has 0 aliphatic carbocycles. The summed E-state index contributed by atoms with van der Waals surface area (Å²) in [4.78, 5) is 12.0. The average Bonchev–Trinajstić information content (AvgIpc) is 2.38. The number of nitrogens with two attached hydrogens (primary N) is 1. The van der Waals surface area contributed by atoms with Crippen LogP contribution in [0.5, 0.6) is 6.01 Å². The lowest BCUT2D eigenvalue weighted by atomic mass is 10.3. The number of nitrogens with one attached hydrogen (secondary N) is 2. The van der Waals surface area contributed by atoms with Gasteiger partial charge in [0.25, 0.3) is 0 Å². The fraction of sp³-hybridized carbons (Fsp3) is 0.667. The molecule has 0 atom stereocenters. The number of anilines is 2. The highest BCUT2D eigenvalue weighted by atomic mass is 16.5. The summed E-state index contributed by atoms with van der Waals surface area (Å²) in [5, 5.41) is 3.06. The normalized spacial score (nSPS) is 10.1.